The van der Waals surface area contributed by atoms with Crippen molar-refractivity contribution in [2.45, 2.75) is 42.1 Å². The van der Waals surface area contributed by atoms with E-state index in [-0.39, 0.29) is 11.3 Å². The number of thioether (sulfide) groups is 1. The molecular formula is C21H21N5O7S. The maximum Gasteiger partial charge on any atom is 0.327 e. The lowest BCUT2D eigenvalue weighted by atomic mass is 9.95. The van der Waals surface area contributed by atoms with Crippen molar-refractivity contribution in [1.82, 2.24) is 25.7 Å². The predicted molar refractivity (Wildman–Crippen MR) is 118 cm³/mol. The number of carboxylic acids is 1. The van der Waals surface area contributed by atoms with Gasteiger partial charge in [-0.1, -0.05) is 12.1 Å². The van der Waals surface area contributed by atoms with Gasteiger partial charge < -0.3 is 30.9 Å². The number of benzene rings is 1. The molecule has 5 N–H and O–H groups in total. The standard InChI is InChI=1S/C21H21N5O7S/c1-21(2)14(20(32)33)26-18(31)13(19(26)34-21)24-17(30)12(9-3-5-10(27)6-4-9)23-15(28)11-7-8-22-25-16(11)29/h3-8,12-14,19,27H,1-2H3,(H,23,28)(H,24,30)(H,25,29)(H,32,33)/t12?,13-,14+,19-/m1/s1. The first-order valence-corrected chi connectivity index (χ1v) is 11.0. The van der Waals surface area contributed by atoms with E-state index in [1.54, 1.807) is 13.8 Å². The number of β-lactam (4-membered cyclic amide) rings is 1. The minimum Gasteiger partial charge on any atom is -0.508 e. The van der Waals surface area contributed by atoms with Gasteiger partial charge in [-0.15, -0.1) is 16.9 Å². The molecule has 2 saturated heterocycles. The molecule has 3 heterocycles. The number of amides is 3. The Labute approximate surface area is 197 Å². The highest BCUT2D eigenvalue weighted by atomic mass is 32.2. The van der Waals surface area contributed by atoms with E-state index in [0.29, 0.717) is 5.56 Å². The van der Waals surface area contributed by atoms with Crippen LogP contribution in [0.1, 0.15) is 35.8 Å². The average molecular weight is 487 g/mol. The molecule has 2 aromatic rings. The molecule has 2 aliphatic rings. The molecule has 3 amide bonds. The fourth-order valence-electron chi connectivity index (χ4n) is 4.06. The highest BCUT2D eigenvalue weighted by molar-refractivity contribution is 8.01. The average Bonchev–Trinajstić information content (AvgIpc) is 3.04. The van der Waals surface area contributed by atoms with Gasteiger partial charge in [-0.3, -0.25) is 14.4 Å². The van der Waals surface area contributed by atoms with Crippen molar-refractivity contribution in [3.63, 3.8) is 0 Å². The summed E-state index contributed by atoms with van der Waals surface area (Å²) in [5, 5.41) is 40.4. The third kappa shape index (κ3) is 3.98. The fourth-order valence-corrected chi connectivity index (χ4v) is 5.68. The van der Waals surface area contributed by atoms with Crippen LogP contribution in [0.3, 0.4) is 0 Å². The Hall–Kier alpha value is -3.87. The number of nitrogens with zero attached hydrogens (tertiary/aromatic N) is 3. The number of fused-ring (bicyclic) bond motifs is 1. The zero-order valence-electron chi connectivity index (χ0n) is 18.0. The number of carbonyl (C=O) groups is 4. The molecule has 1 aromatic carbocycles. The van der Waals surface area contributed by atoms with Crippen molar-refractivity contribution < 1.29 is 34.5 Å². The summed E-state index contributed by atoms with van der Waals surface area (Å²) in [7, 11) is 0. The summed E-state index contributed by atoms with van der Waals surface area (Å²) in [6.45, 7) is 3.44. The zero-order chi connectivity index (χ0) is 24.8. The molecule has 12 nitrogen and oxygen atoms in total. The minimum atomic E-state index is -1.29. The maximum atomic E-state index is 13.2. The van der Waals surface area contributed by atoms with Gasteiger partial charge in [0, 0.05) is 4.75 Å². The van der Waals surface area contributed by atoms with Gasteiger partial charge in [0.15, 0.2) is 0 Å². The second-order valence-electron chi connectivity index (χ2n) is 8.35. The summed E-state index contributed by atoms with van der Waals surface area (Å²) in [6, 6.07) is 3.43. The van der Waals surface area contributed by atoms with Crippen LogP contribution in [0.15, 0.2) is 36.5 Å². The normalized spacial score (nSPS) is 23.4. The topological polar surface area (TPSA) is 182 Å². The van der Waals surface area contributed by atoms with Crippen LogP contribution < -0.4 is 10.6 Å². The molecule has 0 aliphatic carbocycles. The lowest BCUT2D eigenvalue weighted by molar-refractivity contribution is -0.161. The molecule has 178 valence electrons. The summed E-state index contributed by atoms with van der Waals surface area (Å²) in [6.07, 6.45) is 1.20. The van der Waals surface area contributed by atoms with Crippen LogP contribution in [-0.4, -0.2) is 76.3 Å². The monoisotopic (exact) mass is 487 g/mol. The van der Waals surface area contributed by atoms with Crippen LogP contribution in [0.25, 0.3) is 0 Å². The first-order valence-electron chi connectivity index (χ1n) is 10.1. The van der Waals surface area contributed by atoms with E-state index >= 15 is 0 Å². The molecule has 0 saturated carbocycles. The second-order valence-corrected chi connectivity index (χ2v) is 10.1. The van der Waals surface area contributed by atoms with Gasteiger partial charge in [-0.2, -0.15) is 5.10 Å². The van der Waals surface area contributed by atoms with Crippen molar-refractivity contribution in [2.24, 2.45) is 0 Å². The molecular weight excluding hydrogens is 466 g/mol. The number of nitrogens with one attached hydrogen (secondary N) is 2. The number of hydrogen-bond acceptors (Lipinski definition) is 9. The number of aliphatic carboxylic acids is 1. The van der Waals surface area contributed by atoms with Crippen LogP contribution in [0.5, 0.6) is 11.6 Å². The number of rotatable bonds is 6. The zero-order valence-corrected chi connectivity index (χ0v) is 18.8. The first kappa shape index (κ1) is 23.3. The van der Waals surface area contributed by atoms with Crippen molar-refractivity contribution in [2.75, 3.05) is 0 Å². The molecule has 2 fully saturated rings. The van der Waals surface area contributed by atoms with Gasteiger partial charge in [0.25, 0.3) is 5.91 Å². The van der Waals surface area contributed by atoms with E-state index in [4.69, 9.17) is 0 Å². The third-order valence-electron chi connectivity index (χ3n) is 5.68. The highest BCUT2D eigenvalue weighted by Gasteiger charge is 2.64. The predicted octanol–water partition coefficient (Wildman–Crippen LogP) is -0.00940. The van der Waals surface area contributed by atoms with Crippen LogP contribution in [-0.2, 0) is 14.4 Å². The molecule has 13 heteroatoms. The van der Waals surface area contributed by atoms with Gasteiger partial charge in [-0.25, -0.2) is 4.79 Å². The Bertz CT molecular complexity index is 1170. The van der Waals surface area contributed by atoms with Crippen LogP contribution in [0, 0.1) is 0 Å². The van der Waals surface area contributed by atoms with Gasteiger partial charge in [0.05, 0.1) is 6.20 Å². The molecule has 1 aromatic heterocycles. The second kappa shape index (κ2) is 8.48. The van der Waals surface area contributed by atoms with Crippen molar-refractivity contribution in [3.05, 3.63) is 47.7 Å². The van der Waals surface area contributed by atoms with E-state index in [2.05, 4.69) is 20.8 Å². The van der Waals surface area contributed by atoms with Crippen LogP contribution in [0.4, 0.5) is 0 Å². The van der Waals surface area contributed by atoms with E-state index in [1.807, 2.05) is 0 Å². The Kier molecular flexibility index (Phi) is 5.81. The number of phenols is 1. The quantitative estimate of drug-likeness (QED) is 0.348. The summed E-state index contributed by atoms with van der Waals surface area (Å²) >= 11 is 1.27. The Morgan fingerprint density at radius 1 is 1.15 bits per heavy atom. The number of carboxylic acid groups (broad SMARTS) is 1. The summed E-state index contributed by atoms with van der Waals surface area (Å²) in [5.41, 5.74) is 0.0893. The van der Waals surface area contributed by atoms with Crippen LogP contribution in [0.2, 0.25) is 0 Å². The Morgan fingerprint density at radius 2 is 1.82 bits per heavy atom. The van der Waals surface area contributed by atoms with E-state index in [9.17, 15) is 34.5 Å². The molecule has 2 aliphatic heterocycles. The van der Waals surface area contributed by atoms with Gasteiger partial charge in [0.1, 0.15) is 34.8 Å². The number of phenolic OH excluding ortho intramolecular Hbond substituents is 1. The van der Waals surface area contributed by atoms with Crippen molar-refractivity contribution in [3.8, 4) is 11.6 Å². The highest BCUT2D eigenvalue weighted by Crippen LogP contribution is 2.50. The molecule has 1 unspecified atom stereocenters. The van der Waals surface area contributed by atoms with Crippen molar-refractivity contribution >= 4 is 35.5 Å². The fraction of sp³-hybridized carbons (Fsp3) is 0.333. The molecule has 0 bridgehead atoms. The molecule has 0 spiro atoms. The number of hydrogen-bond donors (Lipinski definition) is 5. The number of carbonyl (C=O) groups excluding carboxylic acids is 3. The van der Waals surface area contributed by atoms with Crippen LogP contribution >= 0.6 is 11.8 Å². The molecule has 4 rings (SSSR count). The SMILES string of the molecule is CC1(C)S[C@@H]2[C@H](NC(=O)C(NC(=O)c3ccnnc3O)c3ccc(O)cc3)C(=O)N2[C@H]1C(=O)O. The minimum absolute atomic E-state index is 0.0562. The summed E-state index contributed by atoms with van der Waals surface area (Å²) in [4.78, 5) is 51.6. The van der Waals surface area contributed by atoms with Gasteiger partial charge in [-0.05, 0) is 37.6 Å². The molecule has 4 atom stereocenters. The lowest BCUT2D eigenvalue weighted by Crippen LogP contribution is -2.71. The van der Waals surface area contributed by atoms with E-state index in [0.717, 1.165) is 0 Å². The smallest absolute Gasteiger partial charge is 0.327 e. The third-order valence-corrected chi connectivity index (χ3v) is 7.25. The van der Waals surface area contributed by atoms with Gasteiger partial charge >= 0.3 is 5.97 Å². The lowest BCUT2D eigenvalue weighted by Gasteiger charge is -2.44. The summed E-state index contributed by atoms with van der Waals surface area (Å²) in [5.74, 6) is -3.88. The number of aromatic hydroxyl groups is 2. The summed E-state index contributed by atoms with van der Waals surface area (Å²) < 4.78 is -0.762. The largest absolute Gasteiger partial charge is 0.508 e. The Morgan fingerprint density at radius 3 is 2.44 bits per heavy atom. The van der Waals surface area contributed by atoms with Crippen molar-refractivity contribution in [1.29, 1.82) is 0 Å². The Balaban J connectivity index is 1.56. The van der Waals surface area contributed by atoms with Gasteiger partial charge in [0.2, 0.25) is 17.7 Å². The molecule has 0 radical (unpaired) electrons. The van der Waals surface area contributed by atoms with E-state index < -0.39 is 57.8 Å². The maximum absolute atomic E-state index is 13.2. The van der Waals surface area contributed by atoms with E-state index in [1.165, 1.54) is 53.2 Å². The number of aromatic nitrogens is 2. The molecule has 34 heavy (non-hydrogen) atoms. The first-order chi connectivity index (χ1) is 16.0.